The molecule has 132 valence electrons. The lowest BCUT2D eigenvalue weighted by atomic mass is 10.0. The van der Waals surface area contributed by atoms with Gasteiger partial charge in [0.1, 0.15) is 0 Å². The fourth-order valence-electron chi connectivity index (χ4n) is 3.68. The average molecular weight is 354 g/mol. The molecule has 0 fully saturated rings. The van der Waals surface area contributed by atoms with Crippen molar-refractivity contribution >= 4 is 16.8 Å². The molecule has 5 nitrogen and oxygen atoms in total. The van der Waals surface area contributed by atoms with E-state index >= 15 is 0 Å². The molecule has 0 saturated carbocycles. The molecule has 1 aromatic carbocycles. The first-order chi connectivity index (χ1) is 13.3. The zero-order chi connectivity index (χ0) is 18.2. The minimum absolute atomic E-state index is 0.0522. The van der Waals surface area contributed by atoms with Gasteiger partial charge >= 0.3 is 0 Å². The largest absolute Gasteiger partial charge is 0.348 e. The summed E-state index contributed by atoms with van der Waals surface area (Å²) in [4.78, 5) is 24.2. The molecule has 0 atom stereocenters. The van der Waals surface area contributed by atoms with Crippen LogP contribution in [0.3, 0.4) is 0 Å². The standard InChI is InChI=1S/C22H18N4O/c27-22(26-13-12-25-11-3-4-17(25)15-26)19-14-21(16-7-9-23-10-8-16)24-20-6-2-1-5-18(19)20/h1-11,14H,12-13,15H2. The number of nitrogens with zero attached hydrogens (tertiary/aromatic N) is 4. The van der Waals surface area contributed by atoms with E-state index in [-0.39, 0.29) is 5.91 Å². The highest BCUT2D eigenvalue weighted by Crippen LogP contribution is 2.26. The van der Waals surface area contributed by atoms with Gasteiger partial charge in [-0.25, -0.2) is 4.98 Å². The number of rotatable bonds is 2. The number of fused-ring (bicyclic) bond motifs is 2. The van der Waals surface area contributed by atoms with Gasteiger partial charge in [-0.05, 0) is 36.4 Å². The lowest BCUT2D eigenvalue weighted by Gasteiger charge is -2.29. The first-order valence-electron chi connectivity index (χ1n) is 9.03. The highest BCUT2D eigenvalue weighted by atomic mass is 16.2. The van der Waals surface area contributed by atoms with Crippen LogP contribution in [0, 0.1) is 0 Å². The molecule has 0 radical (unpaired) electrons. The van der Waals surface area contributed by atoms with E-state index in [2.05, 4.69) is 21.8 Å². The summed E-state index contributed by atoms with van der Waals surface area (Å²) in [5, 5.41) is 0.890. The first-order valence-corrected chi connectivity index (χ1v) is 9.03. The van der Waals surface area contributed by atoms with Gasteiger partial charge in [0, 0.05) is 48.3 Å². The molecule has 0 bridgehead atoms. The summed E-state index contributed by atoms with van der Waals surface area (Å²) in [5.74, 6) is 0.0522. The van der Waals surface area contributed by atoms with Crippen LogP contribution in [0.4, 0.5) is 0 Å². The zero-order valence-electron chi connectivity index (χ0n) is 14.7. The van der Waals surface area contributed by atoms with Crippen molar-refractivity contribution in [3.8, 4) is 11.3 Å². The Morgan fingerprint density at radius 2 is 1.81 bits per heavy atom. The molecular weight excluding hydrogens is 336 g/mol. The molecule has 3 aromatic heterocycles. The molecule has 4 aromatic rings. The van der Waals surface area contributed by atoms with E-state index in [4.69, 9.17) is 4.98 Å². The third kappa shape index (κ3) is 2.77. The maximum Gasteiger partial charge on any atom is 0.255 e. The van der Waals surface area contributed by atoms with Crippen LogP contribution in [-0.4, -0.2) is 31.9 Å². The number of carbonyl (C=O) groups is 1. The van der Waals surface area contributed by atoms with Gasteiger partial charge in [0.05, 0.1) is 23.3 Å². The van der Waals surface area contributed by atoms with Gasteiger partial charge in [0.15, 0.2) is 0 Å². The third-order valence-electron chi connectivity index (χ3n) is 5.10. The second-order valence-electron chi connectivity index (χ2n) is 6.73. The predicted molar refractivity (Wildman–Crippen MR) is 104 cm³/mol. The fourth-order valence-corrected chi connectivity index (χ4v) is 3.68. The Balaban J connectivity index is 1.60. The van der Waals surface area contributed by atoms with Gasteiger partial charge in [0.25, 0.3) is 5.91 Å². The van der Waals surface area contributed by atoms with Crippen LogP contribution in [0.25, 0.3) is 22.2 Å². The summed E-state index contributed by atoms with van der Waals surface area (Å²) in [6, 6.07) is 17.7. The number of benzene rings is 1. The van der Waals surface area contributed by atoms with E-state index in [9.17, 15) is 4.79 Å². The number of para-hydroxylation sites is 1. The second kappa shape index (κ2) is 6.36. The lowest BCUT2D eigenvalue weighted by Crippen LogP contribution is -2.38. The van der Waals surface area contributed by atoms with Crippen molar-refractivity contribution in [3.63, 3.8) is 0 Å². The quantitative estimate of drug-likeness (QED) is 0.551. The molecule has 4 heterocycles. The summed E-state index contributed by atoms with van der Waals surface area (Å²) in [7, 11) is 0. The minimum atomic E-state index is 0.0522. The third-order valence-corrected chi connectivity index (χ3v) is 5.10. The summed E-state index contributed by atoms with van der Waals surface area (Å²) in [6.07, 6.45) is 5.56. The fraction of sp³-hybridized carbons (Fsp3) is 0.136. The number of hydrogen-bond donors (Lipinski definition) is 0. The predicted octanol–water partition coefficient (Wildman–Crippen LogP) is 3.75. The second-order valence-corrected chi connectivity index (χ2v) is 6.73. The Labute approximate surface area is 156 Å². The SMILES string of the molecule is O=C(c1cc(-c2ccncc2)nc2ccccc12)N1CCn2cccc2C1. The topological polar surface area (TPSA) is 51.0 Å². The molecule has 0 spiro atoms. The van der Waals surface area contributed by atoms with Crippen molar-refractivity contribution in [2.75, 3.05) is 6.54 Å². The van der Waals surface area contributed by atoms with Crippen LogP contribution in [0.1, 0.15) is 16.1 Å². The molecule has 1 aliphatic rings. The van der Waals surface area contributed by atoms with E-state index < -0.39 is 0 Å². The number of aromatic nitrogens is 3. The van der Waals surface area contributed by atoms with Crippen molar-refractivity contribution in [1.82, 2.24) is 19.4 Å². The number of amides is 1. The van der Waals surface area contributed by atoms with E-state index in [1.54, 1.807) is 12.4 Å². The van der Waals surface area contributed by atoms with Crippen LogP contribution in [-0.2, 0) is 13.1 Å². The van der Waals surface area contributed by atoms with Crippen molar-refractivity contribution < 1.29 is 4.79 Å². The van der Waals surface area contributed by atoms with Gasteiger partial charge in [0.2, 0.25) is 0 Å². The van der Waals surface area contributed by atoms with Gasteiger partial charge in [-0.15, -0.1) is 0 Å². The Bertz CT molecular complexity index is 1130. The molecule has 1 amide bonds. The van der Waals surface area contributed by atoms with Gasteiger partial charge in [-0.1, -0.05) is 18.2 Å². The molecule has 5 heteroatoms. The molecule has 0 saturated heterocycles. The molecule has 0 N–H and O–H groups in total. The van der Waals surface area contributed by atoms with Crippen molar-refractivity contribution in [3.05, 3.63) is 84.4 Å². The number of pyridine rings is 2. The number of carbonyl (C=O) groups excluding carboxylic acids is 1. The maximum atomic E-state index is 13.4. The van der Waals surface area contributed by atoms with Crippen molar-refractivity contribution in [2.24, 2.45) is 0 Å². The minimum Gasteiger partial charge on any atom is -0.348 e. The lowest BCUT2D eigenvalue weighted by molar-refractivity contribution is 0.0713. The summed E-state index contributed by atoms with van der Waals surface area (Å²) in [6.45, 7) is 2.17. The molecule has 1 aliphatic heterocycles. The molecule has 27 heavy (non-hydrogen) atoms. The first kappa shape index (κ1) is 15.8. The van der Waals surface area contributed by atoms with E-state index in [1.807, 2.05) is 53.4 Å². The van der Waals surface area contributed by atoms with E-state index in [0.717, 1.165) is 28.7 Å². The van der Waals surface area contributed by atoms with Crippen molar-refractivity contribution in [1.29, 1.82) is 0 Å². The molecule has 0 aliphatic carbocycles. The molecule has 5 rings (SSSR count). The van der Waals surface area contributed by atoms with Crippen LogP contribution >= 0.6 is 0 Å². The van der Waals surface area contributed by atoms with E-state index in [1.165, 1.54) is 5.69 Å². The zero-order valence-corrected chi connectivity index (χ0v) is 14.7. The normalized spacial score (nSPS) is 13.6. The van der Waals surface area contributed by atoms with Crippen LogP contribution in [0.2, 0.25) is 0 Å². The van der Waals surface area contributed by atoms with Gasteiger partial charge < -0.3 is 9.47 Å². The van der Waals surface area contributed by atoms with Crippen LogP contribution in [0.5, 0.6) is 0 Å². The van der Waals surface area contributed by atoms with E-state index in [0.29, 0.717) is 18.7 Å². The highest BCUT2D eigenvalue weighted by molar-refractivity contribution is 6.07. The van der Waals surface area contributed by atoms with Gasteiger partial charge in [-0.3, -0.25) is 9.78 Å². The van der Waals surface area contributed by atoms with Crippen LogP contribution < -0.4 is 0 Å². The maximum absolute atomic E-state index is 13.4. The van der Waals surface area contributed by atoms with Gasteiger partial charge in [-0.2, -0.15) is 0 Å². The highest BCUT2D eigenvalue weighted by Gasteiger charge is 2.23. The Kier molecular flexibility index (Phi) is 3.71. The molecular formula is C22H18N4O. The van der Waals surface area contributed by atoms with Crippen LogP contribution in [0.15, 0.2) is 73.2 Å². The Hall–Kier alpha value is -3.47. The summed E-state index contributed by atoms with van der Waals surface area (Å²) in [5.41, 5.74) is 4.45. The summed E-state index contributed by atoms with van der Waals surface area (Å²) >= 11 is 0. The number of hydrogen-bond acceptors (Lipinski definition) is 3. The Morgan fingerprint density at radius 1 is 0.963 bits per heavy atom. The Morgan fingerprint density at radius 3 is 2.70 bits per heavy atom. The molecule has 0 unspecified atom stereocenters. The summed E-state index contributed by atoms with van der Waals surface area (Å²) < 4.78 is 2.21. The average Bonchev–Trinajstić information content (AvgIpc) is 3.21. The van der Waals surface area contributed by atoms with Crippen molar-refractivity contribution in [2.45, 2.75) is 13.1 Å². The smallest absolute Gasteiger partial charge is 0.255 e. The monoisotopic (exact) mass is 354 g/mol.